The SMILES string of the molecule is c1ccc2cc(NC3=NCC4(CN5CCC[C@@H]4C5)O3)ncc2c1. The van der Waals surface area contributed by atoms with Gasteiger partial charge in [0, 0.05) is 30.6 Å². The summed E-state index contributed by atoms with van der Waals surface area (Å²) in [6.07, 6.45) is 4.43. The van der Waals surface area contributed by atoms with Gasteiger partial charge in [0.2, 0.25) is 0 Å². The first kappa shape index (κ1) is 13.3. The molecule has 2 fully saturated rings. The predicted octanol–water partition coefficient (Wildman–Crippen LogP) is 2.50. The van der Waals surface area contributed by atoms with Crippen LogP contribution < -0.4 is 5.32 Å². The van der Waals surface area contributed by atoms with Gasteiger partial charge in [0.05, 0.1) is 6.54 Å². The molecule has 5 heteroatoms. The van der Waals surface area contributed by atoms with Crippen molar-refractivity contribution in [1.29, 1.82) is 0 Å². The van der Waals surface area contributed by atoms with Gasteiger partial charge in [-0.3, -0.25) is 10.2 Å². The zero-order chi connectivity index (χ0) is 15.3. The topological polar surface area (TPSA) is 49.8 Å². The first-order chi connectivity index (χ1) is 11.3. The maximum atomic E-state index is 6.30. The van der Waals surface area contributed by atoms with Crippen molar-refractivity contribution in [2.45, 2.75) is 18.4 Å². The summed E-state index contributed by atoms with van der Waals surface area (Å²) in [4.78, 5) is 11.6. The standard InChI is InChI=1S/C18H20N4O/c1-2-5-14-9-19-16(8-13(14)4-1)21-17-20-11-18(23-17)12-22-7-3-6-15(18)10-22/h1-2,4-5,8-9,15H,3,6-7,10-12H2,(H,19,20,21)/t15-,18?/m1/s1. The molecule has 1 N–H and O–H groups in total. The number of amidine groups is 1. The van der Waals surface area contributed by atoms with E-state index in [4.69, 9.17) is 4.74 Å². The minimum atomic E-state index is -0.102. The Balaban J connectivity index is 1.35. The molecule has 3 aliphatic heterocycles. The first-order valence-corrected chi connectivity index (χ1v) is 8.38. The number of aromatic nitrogens is 1. The van der Waals surface area contributed by atoms with E-state index in [1.165, 1.54) is 24.8 Å². The number of hydrogen-bond acceptors (Lipinski definition) is 5. The molecule has 0 saturated carbocycles. The van der Waals surface area contributed by atoms with Crippen molar-refractivity contribution in [3.8, 4) is 0 Å². The maximum Gasteiger partial charge on any atom is 0.291 e. The summed E-state index contributed by atoms with van der Waals surface area (Å²) in [7, 11) is 0. The molecule has 0 amide bonds. The minimum Gasteiger partial charge on any atom is -0.455 e. The van der Waals surface area contributed by atoms with Gasteiger partial charge in [0.1, 0.15) is 11.4 Å². The highest BCUT2D eigenvalue weighted by molar-refractivity contribution is 5.92. The molecule has 1 aromatic heterocycles. The lowest BCUT2D eigenvalue weighted by molar-refractivity contribution is 0.0588. The van der Waals surface area contributed by atoms with Crippen LogP contribution in [0.5, 0.6) is 0 Å². The normalized spacial score (nSPS) is 32.1. The summed E-state index contributed by atoms with van der Waals surface area (Å²) in [5.74, 6) is 1.41. The molecular formula is C18H20N4O. The molecule has 118 valence electrons. The van der Waals surface area contributed by atoms with E-state index in [2.05, 4.69) is 32.3 Å². The largest absolute Gasteiger partial charge is 0.455 e. The van der Waals surface area contributed by atoms with E-state index in [9.17, 15) is 0 Å². The Bertz CT molecular complexity index is 789. The Morgan fingerprint density at radius 2 is 2.17 bits per heavy atom. The maximum absolute atomic E-state index is 6.30. The predicted molar refractivity (Wildman–Crippen MR) is 90.6 cm³/mol. The van der Waals surface area contributed by atoms with Gasteiger partial charge in [-0.2, -0.15) is 0 Å². The molecule has 3 atom stereocenters. The molecule has 1 aromatic carbocycles. The molecule has 3 aliphatic rings. The van der Waals surface area contributed by atoms with Crippen LogP contribution in [-0.4, -0.2) is 47.7 Å². The van der Waals surface area contributed by atoms with E-state index in [1.807, 2.05) is 24.4 Å². The van der Waals surface area contributed by atoms with Gasteiger partial charge < -0.3 is 4.74 Å². The van der Waals surface area contributed by atoms with Crippen molar-refractivity contribution in [2.75, 3.05) is 31.5 Å². The van der Waals surface area contributed by atoms with E-state index in [-0.39, 0.29) is 5.60 Å². The van der Waals surface area contributed by atoms with Gasteiger partial charge in [0.15, 0.2) is 0 Å². The molecule has 0 aliphatic carbocycles. The number of aliphatic imine (C=N–C) groups is 1. The van der Waals surface area contributed by atoms with Gasteiger partial charge in [-0.15, -0.1) is 0 Å². The number of fused-ring (bicyclic) bond motifs is 4. The van der Waals surface area contributed by atoms with Crippen molar-refractivity contribution in [3.05, 3.63) is 36.5 Å². The van der Waals surface area contributed by atoms with Gasteiger partial charge in [-0.1, -0.05) is 24.3 Å². The van der Waals surface area contributed by atoms with Crippen molar-refractivity contribution in [2.24, 2.45) is 10.9 Å². The molecule has 2 unspecified atom stereocenters. The van der Waals surface area contributed by atoms with Crippen LogP contribution in [0.1, 0.15) is 12.8 Å². The van der Waals surface area contributed by atoms with E-state index in [0.29, 0.717) is 11.9 Å². The molecule has 2 aromatic rings. The minimum absolute atomic E-state index is 0.102. The number of nitrogens with one attached hydrogen (secondary N) is 1. The third kappa shape index (κ3) is 2.18. The molecular weight excluding hydrogens is 288 g/mol. The zero-order valence-corrected chi connectivity index (χ0v) is 13.0. The van der Waals surface area contributed by atoms with E-state index in [0.717, 1.165) is 30.8 Å². The second kappa shape index (κ2) is 4.93. The molecule has 23 heavy (non-hydrogen) atoms. The van der Waals surface area contributed by atoms with Crippen LogP contribution in [0.15, 0.2) is 41.5 Å². The Labute approximate surface area is 135 Å². The number of anilines is 1. The number of benzene rings is 1. The number of hydrogen-bond donors (Lipinski definition) is 1. The molecule has 5 nitrogen and oxygen atoms in total. The Morgan fingerprint density at radius 3 is 3.09 bits per heavy atom. The Hall–Kier alpha value is -2.14. The van der Waals surface area contributed by atoms with Crippen LogP contribution in [0.4, 0.5) is 5.82 Å². The second-order valence-electron chi connectivity index (χ2n) is 6.90. The molecule has 0 radical (unpaired) electrons. The summed E-state index contributed by atoms with van der Waals surface area (Å²) in [5.41, 5.74) is -0.102. The van der Waals surface area contributed by atoms with Crippen molar-refractivity contribution < 1.29 is 4.74 Å². The number of nitrogens with zero attached hydrogens (tertiary/aromatic N) is 3. The second-order valence-corrected chi connectivity index (χ2v) is 6.90. The molecule has 1 spiro atoms. The van der Waals surface area contributed by atoms with Gasteiger partial charge >= 0.3 is 0 Å². The summed E-state index contributed by atoms with van der Waals surface area (Å²) < 4.78 is 6.30. The number of rotatable bonds is 1. The highest BCUT2D eigenvalue weighted by Crippen LogP contribution is 2.40. The Kier molecular flexibility index (Phi) is 2.85. The summed E-state index contributed by atoms with van der Waals surface area (Å²) >= 11 is 0. The lowest BCUT2D eigenvalue weighted by atomic mass is 9.87. The van der Waals surface area contributed by atoms with E-state index in [1.54, 1.807) is 0 Å². The monoisotopic (exact) mass is 308 g/mol. The summed E-state index contributed by atoms with van der Waals surface area (Å²) in [6, 6.07) is 10.9. The van der Waals surface area contributed by atoms with E-state index >= 15 is 0 Å². The fourth-order valence-electron chi connectivity index (χ4n) is 4.22. The fraction of sp³-hybridized carbons (Fsp3) is 0.444. The summed E-state index contributed by atoms with van der Waals surface area (Å²) in [5, 5.41) is 5.57. The summed E-state index contributed by atoms with van der Waals surface area (Å²) in [6.45, 7) is 4.15. The van der Waals surface area contributed by atoms with Crippen LogP contribution in [0, 0.1) is 5.92 Å². The van der Waals surface area contributed by atoms with Crippen LogP contribution in [0.3, 0.4) is 0 Å². The molecule has 2 bridgehead atoms. The van der Waals surface area contributed by atoms with Crippen molar-refractivity contribution in [3.63, 3.8) is 0 Å². The quantitative estimate of drug-likeness (QED) is 0.879. The molecule has 5 rings (SSSR count). The fourth-order valence-corrected chi connectivity index (χ4v) is 4.22. The van der Waals surface area contributed by atoms with Gasteiger partial charge in [-0.25, -0.2) is 9.98 Å². The highest BCUT2D eigenvalue weighted by atomic mass is 16.5. The Morgan fingerprint density at radius 1 is 1.26 bits per heavy atom. The third-order valence-electron chi connectivity index (χ3n) is 5.40. The highest BCUT2D eigenvalue weighted by Gasteiger charge is 2.52. The van der Waals surface area contributed by atoms with Gasteiger partial charge in [-0.05, 0) is 30.8 Å². The van der Waals surface area contributed by atoms with E-state index < -0.39 is 0 Å². The number of ether oxygens (including phenoxy) is 1. The van der Waals surface area contributed by atoms with Crippen molar-refractivity contribution >= 4 is 22.6 Å². The number of piperidine rings is 1. The lowest BCUT2D eigenvalue weighted by Gasteiger charge is -2.28. The van der Waals surface area contributed by atoms with Gasteiger partial charge in [0.25, 0.3) is 6.02 Å². The third-order valence-corrected chi connectivity index (χ3v) is 5.40. The van der Waals surface area contributed by atoms with Crippen LogP contribution in [-0.2, 0) is 4.74 Å². The molecule has 2 saturated heterocycles. The van der Waals surface area contributed by atoms with Crippen LogP contribution in [0.25, 0.3) is 10.8 Å². The average molecular weight is 308 g/mol. The zero-order valence-electron chi connectivity index (χ0n) is 13.0. The molecule has 4 heterocycles. The van der Waals surface area contributed by atoms with Crippen LogP contribution >= 0.6 is 0 Å². The first-order valence-electron chi connectivity index (χ1n) is 8.38. The van der Waals surface area contributed by atoms with Crippen LogP contribution in [0.2, 0.25) is 0 Å². The number of pyridine rings is 1. The smallest absolute Gasteiger partial charge is 0.291 e. The average Bonchev–Trinajstić information content (AvgIpc) is 3.08. The lowest BCUT2D eigenvalue weighted by Crippen LogP contribution is -2.41. The van der Waals surface area contributed by atoms with Crippen molar-refractivity contribution in [1.82, 2.24) is 9.88 Å².